The summed E-state index contributed by atoms with van der Waals surface area (Å²) in [4.78, 5) is 35.6. The number of nitrogens with one attached hydrogen (secondary N) is 3. The third-order valence-corrected chi connectivity index (χ3v) is 4.06. The molecule has 3 N–H and O–H groups in total. The van der Waals surface area contributed by atoms with E-state index < -0.39 is 17.7 Å². The van der Waals surface area contributed by atoms with Gasteiger partial charge in [-0.05, 0) is 53.4 Å². The summed E-state index contributed by atoms with van der Waals surface area (Å²) in [6.45, 7) is 7.78. The normalized spacial score (nSPS) is 14.9. The van der Waals surface area contributed by atoms with Crippen molar-refractivity contribution in [3.63, 3.8) is 0 Å². The minimum absolute atomic E-state index is 0.255. The maximum Gasteiger partial charge on any atom is 0.408 e. The van der Waals surface area contributed by atoms with Crippen molar-refractivity contribution in [3.05, 3.63) is 17.5 Å². The maximum absolute atomic E-state index is 12.0. The Morgan fingerprint density at radius 1 is 1.21 bits per heavy atom. The third-order valence-electron chi connectivity index (χ3n) is 4.06. The number of hydrogen-bond donors (Lipinski definition) is 3. The highest BCUT2D eigenvalue weighted by atomic mass is 16.6. The molecular weight excluding hydrogens is 364 g/mol. The molecule has 156 valence electrons. The molecule has 1 heterocycles. The van der Waals surface area contributed by atoms with Crippen LogP contribution in [0, 0.1) is 0 Å². The first-order chi connectivity index (χ1) is 13.2. The van der Waals surface area contributed by atoms with Crippen molar-refractivity contribution in [2.24, 2.45) is 0 Å². The van der Waals surface area contributed by atoms with E-state index in [1.54, 1.807) is 33.8 Å². The van der Waals surface area contributed by atoms with Gasteiger partial charge in [0.25, 0.3) is 5.91 Å². The summed E-state index contributed by atoms with van der Waals surface area (Å²) < 4.78 is 10.3. The fourth-order valence-electron chi connectivity index (χ4n) is 2.41. The largest absolute Gasteiger partial charge is 0.444 e. The lowest BCUT2D eigenvalue weighted by atomic mass is 10.2. The first-order valence-corrected chi connectivity index (χ1v) is 9.68. The number of rotatable bonds is 9. The van der Waals surface area contributed by atoms with E-state index in [1.807, 2.05) is 0 Å². The Hall–Kier alpha value is -2.58. The highest BCUT2D eigenvalue weighted by molar-refractivity contribution is 5.92. The zero-order valence-electron chi connectivity index (χ0n) is 17.0. The second-order valence-corrected chi connectivity index (χ2v) is 8.01. The number of ether oxygens (including phenoxy) is 1. The van der Waals surface area contributed by atoms with Gasteiger partial charge in [0.05, 0.1) is 0 Å². The highest BCUT2D eigenvalue weighted by Crippen LogP contribution is 2.40. The highest BCUT2D eigenvalue weighted by Gasteiger charge is 2.28. The van der Waals surface area contributed by atoms with Gasteiger partial charge in [0.2, 0.25) is 5.91 Å². The first kappa shape index (κ1) is 21.7. The molecule has 1 atom stereocenters. The summed E-state index contributed by atoms with van der Waals surface area (Å²) in [5.74, 6) is 0.659. The fourth-order valence-corrected chi connectivity index (χ4v) is 2.41. The van der Waals surface area contributed by atoms with Crippen LogP contribution >= 0.6 is 0 Å². The summed E-state index contributed by atoms with van der Waals surface area (Å²) in [6.07, 6.45) is 2.95. The van der Waals surface area contributed by atoms with Crippen LogP contribution in [0.1, 0.15) is 75.5 Å². The van der Waals surface area contributed by atoms with Gasteiger partial charge in [0.1, 0.15) is 17.4 Å². The van der Waals surface area contributed by atoms with E-state index >= 15 is 0 Å². The van der Waals surface area contributed by atoms with Crippen LogP contribution in [0.5, 0.6) is 0 Å². The molecule has 9 nitrogen and oxygen atoms in total. The number of carbonyl (C=O) groups is 3. The smallest absolute Gasteiger partial charge is 0.408 e. The van der Waals surface area contributed by atoms with Gasteiger partial charge in [-0.3, -0.25) is 9.59 Å². The Labute approximate surface area is 164 Å². The van der Waals surface area contributed by atoms with Crippen molar-refractivity contribution >= 4 is 17.9 Å². The van der Waals surface area contributed by atoms with Gasteiger partial charge in [-0.15, -0.1) is 0 Å². The molecule has 2 rings (SSSR count). The number of hydrogen-bond acceptors (Lipinski definition) is 6. The molecule has 0 unspecified atom stereocenters. The molecule has 1 saturated carbocycles. The zero-order chi connectivity index (χ0) is 20.7. The van der Waals surface area contributed by atoms with E-state index in [2.05, 4.69) is 21.1 Å². The summed E-state index contributed by atoms with van der Waals surface area (Å²) in [5.41, 5.74) is -0.312. The van der Waals surface area contributed by atoms with Crippen LogP contribution in [0.4, 0.5) is 4.79 Å². The Morgan fingerprint density at radius 3 is 2.46 bits per heavy atom. The molecule has 1 aliphatic rings. The zero-order valence-corrected chi connectivity index (χ0v) is 17.0. The molecule has 3 amide bonds. The van der Waals surface area contributed by atoms with Crippen LogP contribution in [0.3, 0.4) is 0 Å². The van der Waals surface area contributed by atoms with E-state index in [9.17, 15) is 14.4 Å². The van der Waals surface area contributed by atoms with Crippen molar-refractivity contribution in [2.45, 2.75) is 70.9 Å². The summed E-state index contributed by atoms with van der Waals surface area (Å²) in [5, 5.41) is 11.8. The standard InChI is InChI=1S/C19H30N4O5/c1-12(22-18(26)27-19(2,3)4)16(24)20-9-5-6-10-21-17(25)14-11-15(28-23-14)13-7-8-13/h11-13H,5-10H2,1-4H3,(H,20,24)(H,21,25)(H,22,26)/t12-/m0/s1. The molecule has 1 aromatic rings. The number of aromatic nitrogens is 1. The van der Waals surface area contributed by atoms with Gasteiger partial charge < -0.3 is 25.2 Å². The number of alkyl carbamates (subject to hydrolysis) is 1. The Kier molecular flexibility index (Phi) is 7.42. The minimum Gasteiger partial charge on any atom is -0.444 e. The number of nitrogens with zero attached hydrogens (tertiary/aromatic N) is 1. The molecule has 1 fully saturated rings. The second kappa shape index (κ2) is 9.57. The molecule has 0 aliphatic heterocycles. The molecule has 0 saturated heterocycles. The van der Waals surface area contributed by atoms with E-state index in [0.717, 1.165) is 18.6 Å². The quantitative estimate of drug-likeness (QED) is 0.551. The molecular formula is C19H30N4O5. The Morgan fingerprint density at radius 2 is 1.86 bits per heavy atom. The van der Waals surface area contributed by atoms with Crippen molar-refractivity contribution in [3.8, 4) is 0 Å². The topological polar surface area (TPSA) is 123 Å². The monoisotopic (exact) mass is 394 g/mol. The van der Waals surface area contributed by atoms with E-state index in [-0.39, 0.29) is 11.8 Å². The van der Waals surface area contributed by atoms with Crippen LogP contribution in [-0.4, -0.2) is 47.8 Å². The predicted octanol–water partition coefficient (Wildman–Crippen LogP) is 2.09. The maximum atomic E-state index is 12.0. The lowest BCUT2D eigenvalue weighted by Gasteiger charge is -2.21. The van der Waals surface area contributed by atoms with Crippen molar-refractivity contribution in [1.29, 1.82) is 0 Å². The molecule has 9 heteroatoms. The van der Waals surface area contributed by atoms with Gasteiger partial charge in [-0.25, -0.2) is 4.79 Å². The molecule has 1 aromatic heterocycles. The summed E-state index contributed by atoms with van der Waals surface area (Å²) in [7, 11) is 0. The lowest BCUT2D eigenvalue weighted by molar-refractivity contribution is -0.122. The van der Waals surface area contributed by atoms with E-state index in [1.165, 1.54) is 0 Å². The molecule has 0 aromatic carbocycles. The first-order valence-electron chi connectivity index (χ1n) is 9.68. The molecule has 0 spiro atoms. The molecule has 0 radical (unpaired) electrons. The fraction of sp³-hybridized carbons (Fsp3) is 0.684. The van der Waals surface area contributed by atoms with Gasteiger partial charge in [-0.1, -0.05) is 5.16 Å². The third kappa shape index (κ3) is 7.58. The predicted molar refractivity (Wildman–Crippen MR) is 102 cm³/mol. The SMILES string of the molecule is C[C@H](NC(=O)OC(C)(C)C)C(=O)NCCCCNC(=O)c1cc(C2CC2)on1. The second-order valence-electron chi connectivity index (χ2n) is 8.01. The lowest BCUT2D eigenvalue weighted by Crippen LogP contribution is -2.46. The van der Waals surface area contributed by atoms with E-state index in [4.69, 9.17) is 9.26 Å². The Balaban J connectivity index is 1.54. The van der Waals surface area contributed by atoms with Crippen LogP contribution < -0.4 is 16.0 Å². The number of amides is 3. The average molecular weight is 394 g/mol. The Bertz CT molecular complexity index is 691. The van der Waals surface area contributed by atoms with Crippen molar-refractivity contribution < 1.29 is 23.6 Å². The number of carbonyl (C=O) groups excluding carboxylic acids is 3. The van der Waals surface area contributed by atoms with Gasteiger partial charge in [0.15, 0.2) is 5.69 Å². The summed E-state index contributed by atoms with van der Waals surface area (Å²) in [6, 6.07) is 1.01. The molecule has 0 bridgehead atoms. The van der Waals surface area contributed by atoms with Gasteiger partial charge in [0, 0.05) is 25.1 Å². The average Bonchev–Trinajstić information content (AvgIpc) is 3.32. The van der Waals surface area contributed by atoms with Crippen LogP contribution in [0.15, 0.2) is 10.6 Å². The van der Waals surface area contributed by atoms with Crippen molar-refractivity contribution in [2.75, 3.05) is 13.1 Å². The molecule has 28 heavy (non-hydrogen) atoms. The number of unbranched alkanes of at least 4 members (excludes halogenated alkanes) is 1. The van der Waals surface area contributed by atoms with Crippen LogP contribution in [0.25, 0.3) is 0 Å². The van der Waals surface area contributed by atoms with Crippen LogP contribution in [0.2, 0.25) is 0 Å². The minimum atomic E-state index is -0.692. The van der Waals surface area contributed by atoms with Crippen LogP contribution in [-0.2, 0) is 9.53 Å². The van der Waals surface area contributed by atoms with Gasteiger partial charge in [-0.2, -0.15) is 0 Å². The molecule has 1 aliphatic carbocycles. The van der Waals surface area contributed by atoms with Crippen molar-refractivity contribution in [1.82, 2.24) is 21.1 Å². The summed E-state index contributed by atoms with van der Waals surface area (Å²) >= 11 is 0. The van der Waals surface area contributed by atoms with E-state index in [0.29, 0.717) is 37.5 Å². The van der Waals surface area contributed by atoms with Gasteiger partial charge >= 0.3 is 6.09 Å².